The zero-order chi connectivity index (χ0) is 19.3. The maximum absolute atomic E-state index is 11.6. The van der Waals surface area contributed by atoms with Crippen molar-refractivity contribution in [2.75, 3.05) is 19.4 Å². The lowest BCUT2D eigenvalue weighted by atomic mass is 10.2. The van der Waals surface area contributed by atoms with Gasteiger partial charge in [-0.25, -0.2) is 14.6 Å². The van der Waals surface area contributed by atoms with Gasteiger partial charge >= 0.3 is 12.1 Å². The van der Waals surface area contributed by atoms with Gasteiger partial charge in [-0.1, -0.05) is 12.2 Å². The Hall–Kier alpha value is -3.03. The molecule has 0 aliphatic rings. The van der Waals surface area contributed by atoms with E-state index in [1.807, 2.05) is 6.08 Å². The van der Waals surface area contributed by atoms with Gasteiger partial charge in [0.1, 0.15) is 5.60 Å². The summed E-state index contributed by atoms with van der Waals surface area (Å²) < 4.78 is 11.7. The summed E-state index contributed by atoms with van der Waals surface area (Å²) >= 11 is 0. The minimum Gasteiger partial charge on any atom is -0.465 e. The Morgan fingerprint density at radius 2 is 2.04 bits per heavy atom. The molecule has 0 unspecified atom stereocenters. The standard InChI is InChI=1S/C18H24N4O4/c1-18(2,3)26-17(24)20-9-5-6-10-22-14-8-7-12(15(23)25-4)11-13(14)21-16(22)19/h5-8,11H,9-10H2,1-4H3,(H2,19,21)(H,20,24)/b6-5+. The number of hydrogen-bond donors (Lipinski definition) is 2. The van der Waals surface area contributed by atoms with Gasteiger partial charge in [0.2, 0.25) is 5.95 Å². The number of allylic oxidation sites excluding steroid dienone is 1. The van der Waals surface area contributed by atoms with Crippen LogP contribution >= 0.6 is 0 Å². The van der Waals surface area contributed by atoms with Gasteiger partial charge < -0.3 is 25.1 Å². The number of hydrogen-bond acceptors (Lipinski definition) is 6. The molecule has 26 heavy (non-hydrogen) atoms. The van der Waals surface area contributed by atoms with Gasteiger partial charge in [-0.3, -0.25) is 0 Å². The number of esters is 1. The molecule has 1 amide bonds. The molecule has 1 aromatic carbocycles. The highest BCUT2D eigenvalue weighted by Crippen LogP contribution is 2.20. The number of methoxy groups -OCH3 is 1. The summed E-state index contributed by atoms with van der Waals surface area (Å²) in [5.41, 5.74) is 7.27. The van der Waals surface area contributed by atoms with Crippen LogP contribution in [0.25, 0.3) is 11.0 Å². The summed E-state index contributed by atoms with van der Waals surface area (Å²) in [7, 11) is 1.33. The highest BCUT2D eigenvalue weighted by atomic mass is 16.6. The molecule has 0 saturated heterocycles. The van der Waals surface area contributed by atoms with Crippen LogP contribution < -0.4 is 11.1 Å². The molecule has 3 N–H and O–H groups in total. The summed E-state index contributed by atoms with van der Waals surface area (Å²) in [5, 5.41) is 2.64. The van der Waals surface area contributed by atoms with E-state index in [0.29, 0.717) is 30.1 Å². The van der Waals surface area contributed by atoms with Crippen molar-refractivity contribution in [2.24, 2.45) is 0 Å². The van der Waals surface area contributed by atoms with E-state index < -0.39 is 17.7 Å². The summed E-state index contributed by atoms with van der Waals surface area (Å²) in [4.78, 5) is 27.4. The Bertz CT molecular complexity index is 834. The third kappa shape index (κ3) is 4.98. The average Bonchev–Trinajstić information content (AvgIpc) is 2.86. The van der Waals surface area contributed by atoms with Crippen LogP contribution in [0.2, 0.25) is 0 Å². The number of imidazole rings is 1. The smallest absolute Gasteiger partial charge is 0.407 e. The van der Waals surface area contributed by atoms with Gasteiger partial charge in [-0.2, -0.15) is 0 Å². The second-order valence-electron chi connectivity index (χ2n) is 6.63. The van der Waals surface area contributed by atoms with Crippen molar-refractivity contribution < 1.29 is 19.1 Å². The van der Waals surface area contributed by atoms with Crippen LogP contribution in [0, 0.1) is 0 Å². The highest BCUT2D eigenvalue weighted by Gasteiger charge is 2.15. The average molecular weight is 360 g/mol. The first kappa shape index (κ1) is 19.3. The first-order valence-corrected chi connectivity index (χ1v) is 8.17. The number of aromatic nitrogens is 2. The van der Waals surface area contributed by atoms with Crippen LogP contribution in [0.1, 0.15) is 31.1 Å². The minimum absolute atomic E-state index is 0.340. The van der Waals surface area contributed by atoms with E-state index in [4.69, 9.17) is 15.2 Å². The molecular weight excluding hydrogens is 336 g/mol. The van der Waals surface area contributed by atoms with Crippen molar-refractivity contribution in [1.29, 1.82) is 0 Å². The van der Waals surface area contributed by atoms with Gasteiger partial charge in [0.25, 0.3) is 0 Å². The third-order valence-electron chi connectivity index (χ3n) is 3.42. The Labute approximate surface area is 152 Å². The number of benzene rings is 1. The fourth-order valence-corrected chi connectivity index (χ4v) is 2.30. The molecule has 140 valence electrons. The van der Waals surface area contributed by atoms with Gasteiger partial charge in [-0.15, -0.1) is 0 Å². The second kappa shape index (κ2) is 7.90. The number of carbonyl (C=O) groups is 2. The van der Waals surface area contributed by atoms with Crippen molar-refractivity contribution in [3.05, 3.63) is 35.9 Å². The number of carbonyl (C=O) groups excluding carboxylic acids is 2. The number of nitrogens with two attached hydrogens (primary N) is 1. The van der Waals surface area contributed by atoms with Crippen LogP contribution in [0.15, 0.2) is 30.4 Å². The predicted octanol–water partition coefficient (Wildman–Crippen LogP) is 2.49. The molecule has 0 aliphatic carbocycles. The number of nitrogens with zero attached hydrogens (tertiary/aromatic N) is 2. The molecule has 0 saturated carbocycles. The van der Waals surface area contributed by atoms with E-state index >= 15 is 0 Å². The number of ether oxygens (including phenoxy) is 2. The number of alkyl carbamates (subject to hydrolysis) is 1. The van der Waals surface area contributed by atoms with Crippen LogP contribution in [0.3, 0.4) is 0 Å². The molecule has 0 aliphatic heterocycles. The van der Waals surface area contributed by atoms with Crippen molar-refractivity contribution in [3.63, 3.8) is 0 Å². The lowest BCUT2D eigenvalue weighted by Gasteiger charge is -2.19. The van der Waals surface area contributed by atoms with Gasteiger partial charge in [-0.05, 0) is 39.0 Å². The van der Waals surface area contributed by atoms with Crippen molar-refractivity contribution >= 4 is 29.0 Å². The molecule has 0 atom stereocenters. The van der Waals surface area contributed by atoms with E-state index in [1.165, 1.54) is 7.11 Å². The molecule has 0 fully saturated rings. The number of nitrogen functional groups attached to an aromatic ring is 1. The van der Waals surface area contributed by atoms with E-state index in [9.17, 15) is 9.59 Å². The van der Waals surface area contributed by atoms with Crippen molar-refractivity contribution in [2.45, 2.75) is 32.9 Å². The summed E-state index contributed by atoms with van der Waals surface area (Å²) in [6.45, 7) is 6.24. The largest absolute Gasteiger partial charge is 0.465 e. The molecular formula is C18H24N4O4. The molecule has 2 rings (SSSR count). The number of amides is 1. The number of fused-ring (bicyclic) bond motifs is 1. The van der Waals surface area contributed by atoms with Gasteiger partial charge in [0, 0.05) is 13.1 Å². The SMILES string of the molecule is COC(=O)c1ccc2c(c1)nc(N)n2C/C=C/CNC(=O)OC(C)(C)C. The van der Waals surface area contributed by atoms with E-state index in [0.717, 1.165) is 5.52 Å². The molecule has 8 nitrogen and oxygen atoms in total. The second-order valence-corrected chi connectivity index (χ2v) is 6.63. The van der Waals surface area contributed by atoms with E-state index in [-0.39, 0.29) is 0 Å². The van der Waals surface area contributed by atoms with Gasteiger partial charge in [0.15, 0.2) is 0 Å². The molecule has 1 aromatic heterocycles. The topological polar surface area (TPSA) is 108 Å². The lowest BCUT2D eigenvalue weighted by Crippen LogP contribution is -2.32. The van der Waals surface area contributed by atoms with E-state index in [1.54, 1.807) is 49.6 Å². The Morgan fingerprint density at radius 3 is 2.69 bits per heavy atom. The molecule has 1 heterocycles. The van der Waals surface area contributed by atoms with Crippen LogP contribution in [0.5, 0.6) is 0 Å². The molecule has 2 aromatic rings. The molecule has 0 radical (unpaired) electrons. The fourth-order valence-electron chi connectivity index (χ4n) is 2.30. The summed E-state index contributed by atoms with van der Waals surface area (Å²) in [5.74, 6) is -0.0834. The van der Waals surface area contributed by atoms with E-state index in [2.05, 4.69) is 10.3 Å². The molecule has 8 heteroatoms. The Kier molecular flexibility index (Phi) is 5.86. The third-order valence-corrected chi connectivity index (χ3v) is 3.42. The van der Waals surface area contributed by atoms with Crippen LogP contribution in [0.4, 0.5) is 10.7 Å². The quantitative estimate of drug-likeness (QED) is 0.626. The maximum atomic E-state index is 11.6. The zero-order valence-corrected chi connectivity index (χ0v) is 15.4. The molecule has 0 bridgehead atoms. The maximum Gasteiger partial charge on any atom is 0.407 e. The Balaban J connectivity index is 1.99. The number of anilines is 1. The monoisotopic (exact) mass is 360 g/mol. The van der Waals surface area contributed by atoms with Crippen LogP contribution in [-0.4, -0.2) is 40.9 Å². The number of nitrogens with one attached hydrogen (secondary N) is 1. The van der Waals surface area contributed by atoms with Crippen molar-refractivity contribution in [3.8, 4) is 0 Å². The lowest BCUT2D eigenvalue weighted by molar-refractivity contribution is 0.0532. The summed E-state index contributed by atoms with van der Waals surface area (Å²) in [6, 6.07) is 5.08. The van der Waals surface area contributed by atoms with Gasteiger partial charge in [0.05, 0.1) is 23.7 Å². The summed E-state index contributed by atoms with van der Waals surface area (Å²) in [6.07, 6.45) is 3.20. The minimum atomic E-state index is -0.527. The number of rotatable bonds is 5. The highest BCUT2D eigenvalue weighted by molar-refractivity contribution is 5.94. The first-order chi connectivity index (χ1) is 12.2. The molecule has 0 spiro atoms. The Morgan fingerprint density at radius 1 is 1.31 bits per heavy atom. The fraction of sp³-hybridized carbons (Fsp3) is 0.389. The normalized spacial score (nSPS) is 11.7. The van der Waals surface area contributed by atoms with Crippen LogP contribution in [-0.2, 0) is 16.0 Å². The van der Waals surface area contributed by atoms with Crippen molar-refractivity contribution in [1.82, 2.24) is 14.9 Å². The first-order valence-electron chi connectivity index (χ1n) is 8.17. The predicted molar refractivity (Wildman–Crippen MR) is 98.9 cm³/mol. The zero-order valence-electron chi connectivity index (χ0n) is 15.4.